The Morgan fingerprint density at radius 2 is 1.70 bits per heavy atom. The zero-order valence-electron chi connectivity index (χ0n) is 16.5. The monoisotopic (exact) mass is 445 g/mol. The summed E-state index contributed by atoms with van der Waals surface area (Å²) in [4.78, 5) is 20.6. The predicted molar refractivity (Wildman–Crippen MR) is 117 cm³/mol. The lowest BCUT2D eigenvalue weighted by Crippen LogP contribution is -2.49. The molecule has 0 spiro atoms. The second-order valence-corrected chi connectivity index (χ2v) is 10.3. The number of aromatic nitrogens is 1. The Kier molecular flexibility index (Phi) is 5.33. The molecule has 0 aliphatic carbocycles. The quantitative estimate of drug-likeness (QED) is 0.593. The van der Waals surface area contributed by atoms with E-state index in [0.29, 0.717) is 41.6 Å². The lowest BCUT2D eigenvalue weighted by atomic mass is 10.0. The zero-order valence-corrected chi connectivity index (χ0v) is 18.1. The number of sulfone groups is 1. The van der Waals surface area contributed by atoms with Crippen molar-refractivity contribution >= 4 is 38.0 Å². The van der Waals surface area contributed by atoms with Gasteiger partial charge in [0.05, 0.1) is 5.69 Å². The van der Waals surface area contributed by atoms with Crippen LogP contribution in [0.4, 0.5) is 20.0 Å². The van der Waals surface area contributed by atoms with Crippen molar-refractivity contribution in [1.29, 1.82) is 0 Å². The van der Waals surface area contributed by atoms with Crippen LogP contribution in [0.25, 0.3) is 11.1 Å². The number of anilines is 2. The van der Waals surface area contributed by atoms with E-state index in [1.165, 1.54) is 11.0 Å². The van der Waals surface area contributed by atoms with E-state index in [-0.39, 0.29) is 16.1 Å². The van der Waals surface area contributed by atoms with Gasteiger partial charge in [-0.25, -0.2) is 22.6 Å². The van der Waals surface area contributed by atoms with Gasteiger partial charge in [-0.15, -0.1) is 0 Å². The van der Waals surface area contributed by atoms with Crippen molar-refractivity contribution in [3.8, 4) is 11.1 Å². The number of hydrogen-bond donors (Lipinski definition) is 0. The fourth-order valence-electron chi connectivity index (χ4n) is 3.49. The van der Waals surface area contributed by atoms with Crippen LogP contribution in [0.5, 0.6) is 0 Å². The first-order valence-electron chi connectivity index (χ1n) is 9.37. The number of aryl methyl sites for hydroxylation is 1. The van der Waals surface area contributed by atoms with Crippen molar-refractivity contribution in [1.82, 2.24) is 4.98 Å². The number of urea groups is 1. The van der Waals surface area contributed by atoms with E-state index in [2.05, 4.69) is 4.98 Å². The molecule has 2 heterocycles. The number of amides is 2. The Bertz CT molecular complexity index is 1210. The van der Waals surface area contributed by atoms with Gasteiger partial charge in [0, 0.05) is 30.6 Å². The highest BCUT2D eigenvalue weighted by atomic mass is 32.2. The number of nitrogens with zero attached hydrogens (tertiary/aromatic N) is 3. The van der Waals surface area contributed by atoms with E-state index < -0.39 is 9.84 Å². The molecule has 1 aliphatic heterocycles. The number of benzene rings is 2. The first-order valence-corrected chi connectivity index (χ1v) is 12.1. The van der Waals surface area contributed by atoms with Gasteiger partial charge in [0.1, 0.15) is 10.0 Å². The highest BCUT2D eigenvalue weighted by Gasteiger charge is 2.31. The van der Waals surface area contributed by atoms with Crippen LogP contribution in [0, 0.1) is 12.7 Å². The van der Waals surface area contributed by atoms with Gasteiger partial charge < -0.3 is 0 Å². The largest absolute Gasteiger partial charge is 0.330 e. The van der Waals surface area contributed by atoms with Gasteiger partial charge in [-0.3, -0.25) is 9.80 Å². The molecule has 0 N–H and O–H groups in total. The van der Waals surface area contributed by atoms with E-state index in [0.717, 1.165) is 23.2 Å². The van der Waals surface area contributed by atoms with Gasteiger partial charge in [-0.2, -0.15) is 0 Å². The number of carbonyl (C=O) groups excluding carboxylic acids is 1. The standard InChI is InChI=1S/C21H20FN3O3S2/c1-14-19(30(2,27)28)29-20(23-14)25-13-5-12-24(21(25)26)16-10-8-15(9-11-16)17-6-3-4-7-18(17)22/h3-4,6-11H,5,12-13H2,1-2H3. The molecule has 1 aliphatic rings. The van der Waals surface area contributed by atoms with Crippen LogP contribution in [-0.4, -0.2) is 38.8 Å². The number of hydrogen-bond acceptors (Lipinski definition) is 5. The summed E-state index contributed by atoms with van der Waals surface area (Å²) in [6.07, 6.45) is 1.85. The van der Waals surface area contributed by atoms with E-state index in [4.69, 9.17) is 0 Å². The maximum atomic E-state index is 14.0. The number of carbonyl (C=O) groups is 1. The molecule has 1 aromatic heterocycles. The third kappa shape index (κ3) is 3.82. The highest BCUT2D eigenvalue weighted by Crippen LogP contribution is 2.33. The van der Waals surface area contributed by atoms with E-state index in [9.17, 15) is 17.6 Å². The van der Waals surface area contributed by atoms with Gasteiger partial charge >= 0.3 is 6.03 Å². The van der Waals surface area contributed by atoms with Crippen molar-refractivity contribution in [2.24, 2.45) is 0 Å². The zero-order chi connectivity index (χ0) is 21.5. The second-order valence-electron chi connectivity index (χ2n) is 7.11. The van der Waals surface area contributed by atoms with Crippen molar-refractivity contribution in [3.63, 3.8) is 0 Å². The van der Waals surface area contributed by atoms with Crippen LogP contribution in [0.1, 0.15) is 12.1 Å². The average molecular weight is 446 g/mol. The normalized spacial score (nSPS) is 15.0. The van der Waals surface area contributed by atoms with Crippen molar-refractivity contribution < 1.29 is 17.6 Å². The summed E-state index contributed by atoms with van der Waals surface area (Å²) in [6, 6.07) is 13.4. The van der Waals surface area contributed by atoms with E-state index in [1.54, 1.807) is 54.3 Å². The molecular weight excluding hydrogens is 425 g/mol. The Balaban J connectivity index is 1.60. The number of thiazole rings is 1. The number of rotatable bonds is 4. The maximum absolute atomic E-state index is 14.0. The van der Waals surface area contributed by atoms with Crippen LogP contribution in [-0.2, 0) is 9.84 Å². The summed E-state index contributed by atoms with van der Waals surface area (Å²) >= 11 is 1.01. The summed E-state index contributed by atoms with van der Waals surface area (Å²) in [5, 5.41) is 0.380. The summed E-state index contributed by atoms with van der Waals surface area (Å²) < 4.78 is 38.0. The Morgan fingerprint density at radius 3 is 2.33 bits per heavy atom. The minimum Gasteiger partial charge on any atom is -0.294 e. The molecule has 2 aromatic carbocycles. The van der Waals surface area contributed by atoms with Crippen LogP contribution in [0.3, 0.4) is 0 Å². The third-order valence-electron chi connectivity index (χ3n) is 4.90. The predicted octanol–water partition coefficient (Wildman–Crippen LogP) is 4.50. The first-order chi connectivity index (χ1) is 14.3. The molecule has 0 bridgehead atoms. The molecule has 156 valence electrons. The smallest absolute Gasteiger partial charge is 0.294 e. The molecule has 3 aromatic rings. The van der Waals surface area contributed by atoms with Crippen molar-refractivity contribution in [2.45, 2.75) is 17.6 Å². The van der Waals surface area contributed by atoms with Crippen LogP contribution in [0.15, 0.2) is 52.7 Å². The third-order valence-corrected chi connectivity index (χ3v) is 8.00. The lowest BCUT2D eigenvalue weighted by molar-refractivity contribution is 0.248. The minimum atomic E-state index is -3.40. The van der Waals surface area contributed by atoms with Gasteiger partial charge in [-0.1, -0.05) is 41.7 Å². The summed E-state index contributed by atoms with van der Waals surface area (Å²) in [6.45, 7) is 2.64. The fraction of sp³-hybridized carbons (Fsp3) is 0.238. The SMILES string of the molecule is Cc1nc(N2CCCN(c3ccc(-c4ccccc4F)cc3)C2=O)sc1S(C)(=O)=O. The van der Waals surface area contributed by atoms with Gasteiger partial charge in [0.25, 0.3) is 0 Å². The molecule has 6 nitrogen and oxygen atoms in total. The summed E-state index contributed by atoms with van der Waals surface area (Å²) in [5.74, 6) is -0.300. The Labute approximate surface area is 178 Å². The molecule has 9 heteroatoms. The van der Waals surface area contributed by atoms with Crippen LogP contribution in [0.2, 0.25) is 0 Å². The highest BCUT2D eigenvalue weighted by molar-refractivity contribution is 7.92. The molecule has 30 heavy (non-hydrogen) atoms. The molecule has 0 unspecified atom stereocenters. The molecule has 0 atom stereocenters. The maximum Gasteiger partial charge on any atom is 0.330 e. The fourth-order valence-corrected chi connectivity index (χ4v) is 5.72. The van der Waals surface area contributed by atoms with Gasteiger partial charge in [0.2, 0.25) is 0 Å². The van der Waals surface area contributed by atoms with Crippen LogP contribution < -0.4 is 9.80 Å². The summed E-state index contributed by atoms with van der Waals surface area (Å²) in [7, 11) is -3.40. The van der Waals surface area contributed by atoms with E-state index in [1.807, 2.05) is 0 Å². The summed E-state index contributed by atoms with van der Waals surface area (Å²) in [5.41, 5.74) is 2.33. The topological polar surface area (TPSA) is 70.6 Å². The minimum absolute atomic E-state index is 0.177. The molecule has 0 saturated carbocycles. The molecule has 0 radical (unpaired) electrons. The molecule has 2 amide bonds. The van der Waals surface area contributed by atoms with E-state index >= 15 is 0 Å². The van der Waals surface area contributed by atoms with Crippen LogP contribution >= 0.6 is 11.3 Å². The first kappa shape index (κ1) is 20.5. The second kappa shape index (κ2) is 7.81. The molecule has 1 saturated heterocycles. The molecule has 1 fully saturated rings. The molecule has 4 rings (SSSR count). The Hall–Kier alpha value is -2.78. The van der Waals surface area contributed by atoms with Crippen molar-refractivity contribution in [3.05, 3.63) is 60.0 Å². The van der Waals surface area contributed by atoms with Gasteiger partial charge in [-0.05, 0) is 37.1 Å². The number of halogens is 1. The lowest BCUT2D eigenvalue weighted by Gasteiger charge is -2.34. The van der Waals surface area contributed by atoms with Gasteiger partial charge in [0.15, 0.2) is 15.0 Å². The Morgan fingerprint density at radius 1 is 1.03 bits per heavy atom. The molecular formula is C21H20FN3O3S2. The van der Waals surface area contributed by atoms with Crippen molar-refractivity contribution in [2.75, 3.05) is 29.1 Å². The average Bonchev–Trinajstić information content (AvgIpc) is 3.11.